The molecule has 4 rings (SSSR count). The van der Waals surface area contributed by atoms with Gasteiger partial charge >= 0.3 is 5.97 Å². The zero-order valence-corrected chi connectivity index (χ0v) is 16.7. The average molecular weight is 378 g/mol. The lowest BCUT2D eigenvalue weighted by molar-refractivity contribution is -0.277. The van der Waals surface area contributed by atoms with Crippen molar-refractivity contribution in [2.45, 2.75) is 58.3 Å². The predicted octanol–water partition coefficient (Wildman–Crippen LogP) is 2.10. The van der Waals surface area contributed by atoms with Gasteiger partial charge in [0.1, 0.15) is 6.10 Å². The van der Waals surface area contributed by atoms with Gasteiger partial charge in [0.05, 0.1) is 19.3 Å². The number of ketones is 1. The topological polar surface area (TPSA) is 82.1 Å². The molecular weight excluding hydrogens is 348 g/mol. The molecule has 0 unspecified atom stereocenters. The number of rotatable bonds is 2. The van der Waals surface area contributed by atoms with E-state index in [1.807, 2.05) is 19.9 Å². The van der Waals surface area contributed by atoms with Crippen LogP contribution >= 0.6 is 0 Å². The average Bonchev–Trinajstić information content (AvgIpc) is 2.61. The van der Waals surface area contributed by atoms with Crippen LogP contribution in [0.15, 0.2) is 11.8 Å². The standard InChI is InChI=1S/C21H30O6/c1-10-12-9-15(22)27-14-8-11-6-7-13(25-4)19(24)20(11,2)18(21(12,14)3)16(23)17(10)26-5/h7,10-12,14,16-18,23H,6,8-9H2,1-5H3/t10-,11-,12+,14-,16-,17+,18-,20+,21-/m1/s1. The van der Waals surface area contributed by atoms with Gasteiger partial charge in [-0.3, -0.25) is 9.59 Å². The molecule has 0 spiro atoms. The molecule has 150 valence electrons. The summed E-state index contributed by atoms with van der Waals surface area (Å²) >= 11 is 0. The fourth-order valence-electron chi connectivity index (χ4n) is 7.12. The van der Waals surface area contributed by atoms with Gasteiger partial charge in [0.25, 0.3) is 0 Å². The lowest BCUT2D eigenvalue weighted by atomic mass is 9.39. The van der Waals surface area contributed by atoms with Crippen LogP contribution in [0.5, 0.6) is 0 Å². The monoisotopic (exact) mass is 378 g/mol. The maximum atomic E-state index is 13.5. The number of methoxy groups -OCH3 is 2. The van der Waals surface area contributed by atoms with E-state index < -0.39 is 23.0 Å². The Bertz CT molecular complexity index is 701. The highest BCUT2D eigenvalue weighted by Gasteiger charge is 2.72. The van der Waals surface area contributed by atoms with E-state index in [1.54, 1.807) is 7.11 Å². The number of allylic oxidation sites excluding steroid dienone is 2. The van der Waals surface area contributed by atoms with Gasteiger partial charge in [-0.2, -0.15) is 0 Å². The third kappa shape index (κ3) is 2.20. The van der Waals surface area contributed by atoms with Crippen LogP contribution in [-0.2, 0) is 23.8 Å². The number of carbonyl (C=O) groups is 2. The Labute approximate surface area is 160 Å². The fourth-order valence-corrected chi connectivity index (χ4v) is 7.12. The Morgan fingerprint density at radius 2 is 1.96 bits per heavy atom. The normalized spacial score (nSPS) is 51.6. The number of ether oxygens (including phenoxy) is 3. The van der Waals surface area contributed by atoms with E-state index in [4.69, 9.17) is 14.2 Å². The minimum atomic E-state index is -0.807. The number of hydrogen-bond acceptors (Lipinski definition) is 6. The molecule has 2 saturated carbocycles. The summed E-state index contributed by atoms with van der Waals surface area (Å²) in [5, 5.41) is 11.4. The molecule has 3 fully saturated rings. The quantitative estimate of drug-likeness (QED) is 0.741. The summed E-state index contributed by atoms with van der Waals surface area (Å²) < 4.78 is 16.9. The van der Waals surface area contributed by atoms with Crippen molar-refractivity contribution in [2.24, 2.45) is 34.5 Å². The second kappa shape index (κ2) is 6.05. The number of esters is 1. The molecule has 0 bridgehead atoms. The molecule has 27 heavy (non-hydrogen) atoms. The number of carbonyl (C=O) groups excluding carboxylic acids is 2. The van der Waals surface area contributed by atoms with Crippen molar-refractivity contribution >= 4 is 11.8 Å². The van der Waals surface area contributed by atoms with Crippen molar-refractivity contribution in [3.63, 3.8) is 0 Å². The van der Waals surface area contributed by atoms with Crippen molar-refractivity contribution < 1.29 is 28.9 Å². The third-order valence-electron chi connectivity index (χ3n) is 8.44. The van der Waals surface area contributed by atoms with E-state index in [1.165, 1.54) is 7.11 Å². The molecular formula is C21H30O6. The van der Waals surface area contributed by atoms with Gasteiger partial charge in [-0.15, -0.1) is 0 Å². The molecule has 0 radical (unpaired) electrons. The molecule has 1 saturated heterocycles. The molecule has 6 nitrogen and oxygen atoms in total. The minimum Gasteiger partial charge on any atom is -0.493 e. The van der Waals surface area contributed by atoms with Gasteiger partial charge in [-0.25, -0.2) is 0 Å². The molecule has 0 aromatic heterocycles. The van der Waals surface area contributed by atoms with Crippen LogP contribution in [0.1, 0.15) is 40.0 Å². The number of fused-ring (bicyclic) bond motifs is 2. The maximum absolute atomic E-state index is 13.5. The number of aliphatic hydroxyl groups is 1. The molecule has 1 heterocycles. The van der Waals surface area contributed by atoms with Crippen LogP contribution in [0.3, 0.4) is 0 Å². The van der Waals surface area contributed by atoms with E-state index in [0.717, 1.165) is 0 Å². The summed E-state index contributed by atoms with van der Waals surface area (Å²) in [6, 6.07) is 0. The van der Waals surface area contributed by atoms with Crippen LogP contribution in [0.4, 0.5) is 0 Å². The lowest BCUT2D eigenvalue weighted by Gasteiger charge is -2.67. The zero-order chi connectivity index (χ0) is 19.7. The van der Waals surface area contributed by atoms with E-state index in [0.29, 0.717) is 25.0 Å². The summed E-state index contributed by atoms with van der Waals surface area (Å²) in [6.07, 6.45) is 1.95. The van der Waals surface area contributed by atoms with Crippen molar-refractivity contribution in [1.82, 2.24) is 0 Å². The molecule has 1 aliphatic heterocycles. The van der Waals surface area contributed by atoms with Gasteiger partial charge < -0.3 is 19.3 Å². The van der Waals surface area contributed by atoms with Gasteiger partial charge in [0, 0.05) is 30.3 Å². The molecule has 0 amide bonds. The smallest absolute Gasteiger partial charge is 0.306 e. The number of hydrogen-bond donors (Lipinski definition) is 1. The summed E-state index contributed by atoms with van der Waals surface area (Å²) in [4.78, 5) is 25.8. The maximum Gasteiger partial charge on any atom is 0.306 e. The van der Waals surface area contributed by atoms with Crippen molar-refractivity contribution in [1.29, 1.82) is 0 Å². The Morgan fingerprint density at radius 1 is 1.26 bits per heavy atom. The second-order valence-electron chi connectivity index (χ2n) is 9.24. The van der Waals surface area contributed by atoms with Gasteiger partial charge in [0.15, 0.2) is 5.76 Å². The van der Waals surface area contributed by atoms with Gasteiger partial charge in [-0.05, 0) is 36.7 Å². The molecule has 3 aliphatic carbocycles. The first-order valence-electron chi connectivity index (χ1n) is 9.90. The molecule has 0 aromatic carbocycles. The minimum absolute atomic E-state index is 0.000845. The zero-order valence-electron chi connectivity index (χ0n) is 16.7. The van der Waals surface area contributed by atoms with E-state index in [9.17, 15) is 14.7 Å². The Kier molecular flexibility index (Phi) is 4.24. The third-order valence-corrected chi connectivity index (χ3v) is 8.44. The van der Waals surface area contributed by atoms with Gasteiger partial charge in [-0.1, -0.05) is 20.8 Å². The first-order chi connectivity index (χ1) is 12.7. The summed E-state index contributed by atoms with van der Waals surface area (Å²) in [6.45, 7) is 6.11. The van der Waals surface area contributed by atoms with E-state index in [-0.39, 0.29) is 41.5 Å². The first kappa shape index (κ1) is 18.9. The highest BCUT2D eigenvalue weighted by Crippen LogP contribution is 2.67. The highest BCUT2D eigenvalue weighted by molar-refractivity contribution is 5.99. The van der Waals surface area contributed by atoms with Crippen LogP contribution in [0.2, 0.25) is 0 Å². The fraction of sp³-hybridized carbons (Fsp3) is 0.810. The van der Waals surface area contributed by atoms with Crippen LogP contribution in [-0.4, -0.2) is 49.4 Å². The van der Waals surface area contributed by atoms with Gasteiger partial charge in [0.2, 0.25) is 5.78 Å². The molecule has 9 atom stereocenters. The van der Waals surface area contributed by atoms with Crippen LogP contribution in [0.25, 0.3) is 0 Å². The molecule has 4 aliphatic rings. The highest BCUT2D eigenvalue weighted by atomic mass is 16.5. The first-order valence-corrected chi connectivity index (χ1v) is 9.90. The second-order valence-corrected chi connectivity index (χ2v) is 9.24. The SMILES string of the molecule is COC1=CC[C@@H]2C[C@H]3OC(=O)C[C@H]4[C@@H](C)[C@H](OC)[C@@H](O)[C@H]([C@@]2(C)C1=O)[C@@]34C. The van der Waals surface area contributed by atoms with Crippen molar-refractivity contribution in [3.8, 4) is 0 Å². The summed E-state index contributed by atoms with van der Waals surface area (Å²) in [5.74, 6) is -0.218. The Hall–Kier alpha value is -1.40. The van der Waals surface area contributed by atoms with E-state index >= 15 is 0 Å². The number of aliphatic hydroxyl groups excluding tert-OH is 1. The summed E-state index contributed by atoms with van der Waals surface area (Å²) in [5.41, 5.74) is -1.25. The van der Waals surface area contributed by atoms with Crippen LogP contribution in [0, 0.1) is 34.5 Å². The van der Waals surface area contributed by atoms with Crippen molar-refractivity contribution in [2.75, 3.05) is 14.2 Å². The predicted molar refractivity (Wildman–Crippen MR) is 96.5 cm³/mol. The van der Waals surface area contributed by atoms with Crippen molar-refractivity contribution in [3.05, 3.63) is 11.8 Å². The molecule has 1 N–H and O–H groups in total. The van der Waals surface area contributed by atoms with E-state index in [2.05, 4.69) is 6.92 Å². The van der Waals surface area contributed by atoms with Crippen LogP contribution < -0.4 is 0 Å². The molecule has 0 aromatic rings. The Morgan fingerprint density at radius 3 is 2.59 bits per heavy atom. The lowest BCUT2D eigenvalue weighted by Crippen LogP contribution is -2.73. The summed E-state index contributed by atoms with van der Waals surface area (Å²) in [7, 11) is 3.11. The Balaban J connectivity index is 1.90. The largest absolute Gasteiger partial charge is 0.493 e. The molecule has 6 heteroatoms. The number of Topliss-reactive ketones (excluding diaryl/α,β-unsaturated/α-hetero) is 1.